The highest BCUT2D eigenvalue weighted by molar-refractivity contribution is 5.50. The number of hydrogen-bond acceptors (Lipinski definition) is 2. The Morgan fingerprint density at radius 3 is 2.60 bits per heavy atom. The van der Waals surface area contributed by atoms with Crippen molar-refractivity contribution in [3.8, 4) is 0 Å². The topological polar surface area (TPSA) is 20.3 Å². The third-order valence-electron chi connectivity index (χ3n) is 2.15. The molecule has 0 spiro atoms. The molecule has 0 N–H and O–H groups in total. The second-order valence-corrected chi connectivity index (χ2v) is 3.32. The minimum Gasteiger partial charge on any atom is -0.303 e. The van der Waals surface area contributed by atoms with E-state index in [1.165, 1.54) is 0 Å². The van der Waals surface area contributed by atoms with Gasteiger partial charge in [0, 0.05) is 25.6 Å². The lowest BCUT2D eigenvalue weighted by Gasteiger charge is -2.41. The number of carbonyl (C=O) groups excluding carboxylic acids is 1. The van der Waals surface area contributed by atoms with Gasteiger partial charge in [-0.2, -0.15) is 0 Å². The molecule has 1 aliphatic rings. The fraction of sp³-hybridized carbons (Fsp3) is 0.875. The van der Waals surface area contributed by atoms with Crippen LogP contribution in [0.2, 0.25) is 0 Å². The van der Waals surface area contributed by atoms with Crippen molar-refractivity contribution in [1.29, 1.82) is 0 Å². The van der Waals surface area contributed by atoms with Crippen molar-refractivity contribution in [2.75, 3.05) is 13.1 Å². The molecule has 2 nitrogen and oxygen atoms in total. The number of carbonyl (C=O) groups is 1. The lowest BCUT2D eigenvalue weighted by molar-refractivity contribution is -0.110. The van der Waals surface area contributed by atoms with E-state index < -0.39 is 0 Å². The zero-order valence-corrected chi connectivity index (χ0v) is 6.71. The third kappa shape index (κ3) is 1.57. The summed E-state index contributed by atoms with van der Waals surface area (Å²) in [6.07, 6.45) is 1.78. The summed E-state index contributed by atoms with van der Waals surface area (Å²) in [6.45, 7) is 6.63. The second-order valence-electron chi connectivity index (χ2n) is 3.32. The van der Waals surface area contributed by atoms with Gasteiger partial charge >= 0.3 is 0 Å². The summed E-state index contributed by atoms with van der Waals surface area (Å²) in [7, 11) is 0. The summed E-state index contributed by atoms with van der Waals surface area (Å²) >= 11 is 0. The Labute approximate surface area is 62.2 Å². The number of aldehydes is 1. The first-order chi connectivity index (χ1) is 4.74. The van der Waals surface area contributed by atoms with Gasteiger partial charge < -0.3 is 9.69 Å². The Morgan fingerprint density at radius 1 is 1.60 bits per heavy atom. The zero-order valence-electron chi connectivity index (χ0n) is 6.71. The largest absolute Gasteiger partial charge is 0.303 e. The first kappa shape index (κ1) is 7.73. The molecule has 58 valence electrons. The van der Waals surface area contributed by atoms with Crippen molar-refractivity contribution in [1.82, 2.24) is 4.90 Å². The van der Waals surface area contributed by atoms with Crippen molar-refractivity contribution in [3.63, 3.8) is 0 Å². The molecule has 0 aliphatic carbocycles. The lowest BCUT2D eigenvalue weighted by Crippen LogP contribution is -2.50. The van der Waals surface area contributed by atoms with Crippen molar-refractivity contribution in [2.45, 2.75) is 26.3 Å². The standard InChI is InChI=1S/C8H15NO/c1-7(2)9-5-8(6-9)3-4-10/h4,7-8H,3,5-6H2,1-2H3. The molecule has 1 heterocycles. The molecule has 1 fully saturated rings. The van der Waals surface area contributed by atoms with Gasteiger partial charge in [0.25, 0.3) is 0 Å². The van der Waals surface area contributed by atoms with Crippen LogP contribution >= 0.6 is 0 Å². The summed E-state index contributed by atoms with van der Waals surface area (Å²) in [5.74, 6) is 0.653. The molecule has 1 saturated heterocycles. The van der Waals surface area contributed by atoms with Crippen LogP contribution in [0.1, 0.15) is 20.3 Å². The van der Waals surface area contributed by atoms with Gasteiger partial charge in [0.1, 0.15) is 6.29 Å². The van der Waals surface area contributed by atoms with Gasteiger partial charge in [-0.1, -0.05) is 0 Å². The van der Waals surface area contributed by atoms with Crippen LogP contribution < -0.4 is 0 Å². The molecule has 0 bridgehead atoms. The van der Waals surface area contributed by atoms with E-state index in [0.29, 0.717) is 12.0 Å². The van der Waals surface area contributed by atoms with Crippen LogP contribution in [-0.4, -0.2) is 30.3 Å². The van der Waals surface area contributed by atoms with Crippen LogP contribution in [-0.2, 0) is 4.79 Å². The minimum atomic E-state index is 0.653. The normalized spacial score (nSPS) is 21.1. The first-order valence-electron chi connectivity index (χ1n) is 3.91. The van der Waals surface area contributed by atoms with Crippen LogP contribution in [0, 0.1) is 5.92 Å². The predicted octanol–water partition coefficient (Wildman–Crippen LogP) is 0.916. The van der Waals surface area contributed by atoms with E-state index in [4.69, 9.17) is 0 Å². The SMILES string of the molecule is CC(C)N1CC(CC=O)C1. The van der Waals surface area contributed by atoms with E-state index in [9.17, 15) is 4.79 Å². The molecule has 10 heavy (non-hydrogen) atoms. The van der Waals surface area contributed by atoms with Gasteiger partial charge in [0.2, 0.25) is 0 Å². The molecule has 0 saturated carbocycles. The van der Waals surface area contributed by atoms with Crippen molar-refractivity contribution < 1.29 is 4.79 Å². The molecule has 0 atom stereocenters. The highest BCUT2D eigenvalue weighted by Crippen LogP contribution is 2.19. The van der Waals surface area contributed by atoms with Gasteiger partial charge in [0.05, 0.1) is 0 Å². The summed E-state index contributed by atoms with van der Waals surface area (Å²) in [5, 5.41) is 0. The lowest BCUT2D eigenvalue weighted by atomic mass is 9.96. The quantitative estimate of drug-likeness (QED) is 0.545. The number of likely N-dealkylation sites (tertiary alicyclic amines) is 1. The van der Waals surface area contributed by atoms with E-state index in [2.05, 4.69) is 18.7 Å². The summed E-state index contributed by atoms with van der Waals surface area (Å²) < 4.78 is 0. The van der Waals surface area contributed by atoms with Gasteiger partial charge in [0.15, 0.2) is 0 Å². The van der Waals surface area contributed by atoms with Gasteiger partial charge in [-0.05, 0) is 19.8 Å². The molecule has 0 radical (unpaired) electrons. The van der Waals surface area contributed by atoms with Gasteiger partial charge in [-0.25, -0.2) is 0 Å². The molecule has 0 amide bonds. The molecule has 0 unspecified atom stereocenters. The van der Waals surface area contributed by atoms with E-state index in [1.54, 1.807) is 0 Å². The van der Waals surface area contributed by atoms with E-state index >= 15 is 0 Å². The molecule has 1 aliphatic heterocycles. The highest BCUT2D eigenvalue weighted by atomic mass is 16.1. The average Bonchev–Trinajstić information content (AvgIpc) is 1.76. The van der Waals surface area contributed by atoms with Crippen LogP contribution in [0.15, 0.2) is 0 Å². The molecular weight excluding hydrogens is 126 g/mol. The van der Waals surface area contributed by atoms with Crippen LogP contribution in [0.3, 0.4) is 0 Å². The molecule has 0 aromatic rings. The Morgan fingerprint density at radius 2 is 2.20 bits per heavy atom. The number of hydrogen-bond donors (Lipinski definition) is 0. The van der Waals surface area contributed by atoms with Crippen molar-refractivity contribution in [3.05, 3.63) is 0 Å². The zero-order chi connectivity index (χ0) is 7.56. The van der Waals surface area contributed by atoms with Crippen molar-refractivity contribution >= 4 is 6.29 Å². The minimum absolute atomic E-state index is 0.653. The summed E-state index contributed by atoms with van der Waals surface area (Å²) in [5.41, 5.74) is 0. The Balaban J connectivity index is 2.11. The fourth-order valence-corrected chi connectivity index (χ4v) is 1.32. The molecule has 2 heteroatoms. The highest BCUT2D eigenvalue weighted by Gasteiger charge is 2.27. The average molecular weight is 141 g/mol. The smallest absolute Gasteiger partial charge is 0.120 e. The maximum absolute atomic E-state index is 10.1. The summed E-state index contributed by atoms with van der Waals surface area (Å²) in [6, 6.07) is 0.655. The Hall–Kier alpha value is -0.370. The van der Waals surface area contributed by atoms with Crippen LogP contribution in [0.4, 0.5) is 0 Å². The predicted molar refractivity (Wildman–Crippen MR) is 40.9 cm³/mol. The second kappa shape index (κ2) is 3.15. The van der Waals surface area contributed by atoms with Gasteiger partial charge in [-0.15, -0.1) is 0 Å². The maximum atomic E-state index is 10.1. The molecule has 0 aromatic carbocycles. The van der Waals surface area contributed by atoms with Gasteiger partial charge in [-0.3, -0.25) is 0 Å². The molecular formula is C8H15NO. The fourth-order valence-electron chi connectivity index (χ4n) is 1.32. The number of nitrogens with zero attached hydrogens (tertiary/aromatic N) is 1. The monoisotopic (exact) mass is 141 g/mol. The van der Waals surface area contributed by atoms with E-state index in [0.717, 1.165) is 25.8 Å². The first-order valence-corrected chi connectivity index (χ1v) is 3.91. The maximum Gasteiger partial charge on any atom is 0.120 e. The molecule has 0 aromatic heterocycles. The molecule has 1 rings (SSSR count). The third-order valence-corrected chi connectivity index (χ3v) is 2.15. The van der Waals surface area contributed by atoms with Crippen LogP contribution in [0.25, 0.3) is 0 Å². The van der Waals surface area contributed by atoms with E-state index in [-0.39, 0.29) is 0 Å². The van der Waals surface area contributed by atoms with Crippen LogP contribution in [0.5, 0.6) is 0 Å². The van der Waals surface area contributed by atoms with Crippen molar-refractivity contribution in [2.24, 2.45) is 5.92 Å². The number of rotatable bonds is 3. The van der Waals surface area contributed by atoms with E-state index in [1.807, 2.05) is 0 Å². The summed E-state index contributed by atoms with van der Waals surface area (Å²) in [4.78, 5) is 12.4. The Bertz CT molecular complexity index is 116. The Kier molecular flexibility index (Phi) is 2.44.